The van der Waals surface area contributed by atoms with Crippen LogP contribution in [-0.4, -0.2) is 36.6 Å². The molecule has 136 valence electrons. The molecule has 8 heteroatoms. The van der Waals surface area contributed by atoms with E-state index < -0.39 is 16.9 Å². The van der Waals surface area contributed by atoms with Crippen LogP contribution in [0.1, 0.15) is 0 Å². The Balaban J connectivity index is 2.39. The number of fused-ring (bicyclic) bond motifs is 1. The molecule has 1 heterocycles. The zero-order valence-corrected chi connectivity index (χ0v) is 14.2. The van der Waals surface area contributed by atoms with Crippen LogP contribution in [0, 0.1) is 0 Å². The van der Waals surface area contributed by atoms with Crippen LogP contribution in [-0.2, 0) is 0 Å². The van der Waals surface area contributed by atoms with Gasteiger partial charge in [-0.25, -0.2) is 0 Å². The molecule has 3 N–H and O–H groups in total. The summed E-state index contributed by atoms with van der Waals surface area (Å²) < 4.78 is 20.8. The molecule has 0 atom stereocenters. The van der Waals surface area contributed by atoms with Crippen LogP contribution in [0.15, 0.2) is 33.5 Å². The Bertz CT molecular complexity index is 1050. The van der Waals surface area contributed by atoms with Crippen LogP contribution in [0.2, 0.25) is 0 Å². The summed E-state index contributed by atoms with van der Waals surface area (Å²) in [5.41, 5.74) is -0.464. The van der Waals surface area contributed by atoms with Gasteiger partial charge in [0.25, 0.3) is 0 Å². The highest BCUT2D eigenvalue weighted by molar-refractivity contribution is 5.90. The van der Waals surface area contributed by atoms with Gasteiger partial charge in [0, 0.05) is 5.56 Å². The zero-order chi connectivity index (χ0) is 19.0. The largest absolute Gasteiger partial charge is 0.504 e. The third-order valence-corrected chi connectivity index (χ3v) is 3.90. The molecule has 0 fully saturated rings. The van der Waals surface area contributed by atoms with Gasteiger partial charge in [-0.15, -0.1) is 0 Å². The van der Waals surface area contributed by atoms with Gasteiger partial charge in [-0.05, 0) is 24.3 Å². The first-order valence-corrected chi connectivity index (χ1v) is 7.44. The average molecular weight is 360 g/mol. The molecule has 26 heavy (non-hydrogen) atoms. The van der Waals surface area contributed by atoms with E-state index in [4.69, 9.17) is 18.6 Å². The van der Waals surface area contributed by atoms with Crippen LogP contribution in [0.4, 0.5) is 0 Å². The quantitative estimate of drug-likeness (QED) is 0.650. The molecule has 0 aliphatic rings. The van der Waals surface area contributed by atoms with Crippen LogP contribution in [0.25, 0.3) is 22.3 Å². The predicted octanol–water partition coefficient (Wildman–Crippen LogP) is 2.60. The molecule has 0 bridgehead atoms. The van der Waals surface area contributed by atoms with Gasteiger partial charge in [-0.3, -0.25) is 4.79 Å². The van der Waals surface area contributed by atoms with Crippen molar-refractivity contribution < 1.29 is 33.9 Å². The number of hydrogen-bond donors (Lipinski definition) is 3. The van der Waals surface area contributed by atoms with Crippen molar-refractivity contribution in [2.75, 3.05) is 21.3 Å². The minimum absolute atomic E-state index is 0.00834. The van der Waals surface area contributed by atoms with Gasteiger partial charge in [-0.2, -0.15) is 0 Å². The molecule has 3 aromatic rings. The van der Waals surface area contributed by atoms with E-state index in [1.807, 2.05) is 0 Å². The van der Waals surface area contributed by atoms with Crippen molar-refractivity contribution >= 4 is 11.0 Å². The standard InChI is InChI=1S/C18H16O8/c1-23-12-5-4-8(6-10(12)19)15-18(25-3)13(21)9-7-11(20)17(24-2)14(22)16(9)26-15/h4-7,19-20,22H,1-3H3. The summed E-state index contributed by atoms with van der Waals surface area (Å²) in [5.74, 6) is -1.25. The fourth-order valence-corrected chi connectivity index (χ4v) is 2.67. The molecule has 0 radical (unpaired) electrons. The minimum Gasteiger partial charge on any atom is -0.504 e. The third-order valence-electron chi connectivity index (χ3n) is 3.90. The second kappa shape index (κ2) is 6.40. The maximum atomic E-state index is 12.7. The fraction of sp³-hybridized carbons (Fsp3) is 0.167. The molecule has 0 saturated heterocycles. The fourth-order valence-electron chi connectivity index (χ4n) is 2.67. The Hall–Kier alpha value is -3.55. The van der Waals surface area contributed by atoms with Gasteiger partial charge in [0.05, 0.1) is 26.7 Å². The maximum absolute atomic E-state index is 12.7. The van der Waals surface area contributed by atoms with Crippen molar-refractivity contribution in [2.45, 2.75) is 0 Å². The minimum atomic E-state index is -0.604. The molecule has 0 spiro atoms. The van der Waals surface area contributed by atoms with Gasteiger partial charge in [-0.1, -0.05) is 0 Å². The van der Waals surface area contributed by atoms with E-state index in [2.05, 4.69) is 0 Å². The second-order valence-corrected chi connectivity index (χ2v) is 5.33. The molecule has 0 unspecified atom stereocenters. The molecule has 8 nitrogen and oxygen atoms in total. The number of methoxy groups -OCH3 is 3. The van der Waals surface area contributed by atoms with Gasteiger partial charge < -0.3 is 33.9 Å². The summed E-state index contributed by atoms with van der Waals surface area (Å²) in [4.78, 5) is 12.7. The number of rotatable bonds is 4. The van der Waals surface area contributed by atoms with Crippen molar-refractivity contribution in [3.05, 3.63) is 34.5 Å². The second-order valence-electron chi connectivity index (χ2n) is 5.33. The lowest BCUT2D eigenvalue weighted by Crippen LogP contribution is -2.08. The lowest BCUT2D eigenvalue weighted by Gasteiger charge is -2.13. The van der Waals surface area contributed by atoms with E-state index in [9.17, 15) is 20.1 Å². The molecule has 0 amide bonds. The first kappa shape index (κ1) is 17.3. The smallest absolute Gasteiger partial charge is 0.235 e. The molecule has 1 aromatic heterocycles. The van der Waals surface area contributed by atoms with Crippen molar-refractivity contribution in [2.24, 2.45) is 0 Å². The summed E-state index contributed by atoms with van der Waals surface area (Å²) in [7, 11) is 3.95. The zero-order valence-electron chi connectivity index (χ0n) is 14.2. The number of phenols is 3. The Kier molecular flexibility index (Phi) is 4.25. The molecule has 0 aliphatic carbocycles. The van der Waals surface area contributed by atoms with E-state index in [0.29, 0.717) is 5.56 Å². The van der Waals surface area contributed by atoms with E-state index in [1.54, 1.807) is 6.07 Å². The summed E-state index contributed by atoms with van der Waals surface area (Å²) in [6.07, 6.45) is 0. The SMILES string of the molecule is COc1ccc(-c2oc3c(O)c(OC)c(O)cc3c(=O)c2OC)cc1O. The van der Waals surface area contributed by atoms with Gasteiger partial charge >= 0.3 is 0 Å². The van der Waals surface area contributed by atoms with Gasteiger partial charge in [0.2, 0.25) is 22.7 Å². The van der Waals surface area contributed by atoms with Crippen molar-refractivity contribution in [3.63, 3.8) is 0 Å². The molecule has 2 aromatic carbocycles. The highest BCUT2D eigenvalue weighted by atomic mass is 16.5. The average Bonchev–Trinajstić information content (AvgIpc) is 2.62. The monoisotopic (exact) mass is 360 g/mol. The molecular formula is C18H16O8. The summed E-state index contributed by atoms with van der Waals surface area (Å²) >= 11 is 0. The molecular weight excluding hydrogens is 344 g/mol. The maximum Gasteiger partial charge on any atom is 0.235 e. The number of aromatic hydroxyl groups is 3. The first-order chi connectivity index (χ1) is 12.4. The van der Waals surface area contributed by atoms with Crippen molar-refractivity contribution in [1.29, 1.82) is 0 Å². The van der Waals surface area contributed by atoms with E-state index in [0.717, 1.165) is 6.07 Å². The highest BCUT2D eigenvalue weighted by Gasteiger charge is 2.23. The van der Waals surface area contributed by atoms with Crippen LogP contribution in [0.3, 0.4) is 0 Å². The number of benzene rings is 2. The molecule has 0 saturated carbocycles. The predicted molar refractivity (Wildman–Crippen MR) is 92.6 cm³/mol. The van der Waals surface area contributed by atoms with E-state index >= 15 is 0 Å². The van der Waals surface area contributed by atoms with E-state index in [-0.39, 0.29) is 39.7 Å². The number of phenolic OH excluding ortho intramolecular Hbond substituents is 3. The molecule has 0 aliphatic heterocycles. The van der Waals surface area contributed by atoms with Crippen molar-refractivity contribution in [1.82, 2.24) is 0 Å². The topological polar surface area (TPSA) is 119 Å². The van der Waals surface area contributed by atoms with Crippen LogP contribution >= 0.6 is 0 Å². The molecule has 3 rings (SSSR count). The summed E-state index contributed by atoms with van der Waals surface area (Å²) in [5, 5.41) is 30.1. The normalized spacial score (nSPS) is 10.7. The number of hydrogen-bond acceptors (Lipinski definition) is 8. The Morgan fingerprint density at radius 2 is 1.58 bits per heavy atom. The third kappa shape index (κ3) is 2.52. The first-order valence-electron chi connectivity index (χ1n) is 7.44. The highest BCUT2D eigenvalue weighted by Crippen LogP contribution is 2.44. The number of ether oxygens (including phenoxy) is 3. The van der Waals surface area contributed by atoms with Crippen molar-refractivity contribution in [3.8, 4) is 45.8 Å². The van der Waals surface area contributed by atoms with Gasteiger partial charge in [0.1, 0.15) is 0 Å². The summed E-state index contributed by atoms with van der Waals surface area (Å²) in [6, 6.07) is 5.50. The van der Waals surface area contributed by atoms with Crippen LogP contribution in [0.5, 0.6) is 34.5 Å². The lowest BCUT2D eigenvalue weighted by atomic mass is 10.1. The Labute approximate surface area is 147 Å². The Morgan fingerprint density at radius 3 is 2.15 bits per heavy atom. The lowest BCUT2D eigenvalue weighted by molar-refractivity contribution is 0.343. The van der Waals surface area contributed by atoms with Crippen LogP contribution < -0.4 is 19.6 Å². The Morgan fingerprint density at radius 1 is 0.885 bits per heavy atom. The summed E-state index contributed by atoms with van der Waals surface area (Å²) in [6.45, 7) is 0. The van der Waals surface area contributed by atoms with Gasteiger partial charge in [0.15, 0.2) is 28.6 Å². The van der Waals surface area contributed by atoms with E-state index in [1.165, 1.54) is 33.5 Å².